The maximum atomic E-state index is 11.4. The second-order valence-electron chi connectivity index (χ2n) is 4.67. The fourth-order valence-corrected chi connectivity index (χ4v) is 2.21. The van der Waals surface area contributed by atoms with E-state index in [-0.39, 0.29) is 16.1 Å². The molecule has 0 amide bonds. The minimum atomic E-state index is -3.37. The van der Waals surface area contributed by atoms with Gasteiger partial charge in [-0.2, -0.15) is 0 Å². The first-order chi connectivity index (χ1) is 6.64. The summed E-state index contributed by atoms with van der Waals surface area (Å²) >= 11 is 0. The Morgan fingerprint density at radius 3 is 2.13 bits per heavy atom. The Hall–Kier alpha value is -1.03. The fraction of sp³-hybridized carbons (Fsp3) is 0.455. The fourth-order valence-electron chi connectivity index (χ4n) is 1.43. The highest BCUT2D eigenvalue weighted by Gasteiger charge is 2.23. The van der Waals surface area contributed by atoms with E-state index in [1.165, 1.54) is 6.07 Å². The molecule has 0 aliphatic heterocycles. The summed E-state index contributed by atoms with van der Waals surface area (Å²) in [5.74, 6) is -0.132. The SMILES string of the molecule is CC(C)(C)c1cccc(S(C)(=O)=O)c1O. The Balaban J connectivity index is 3.51. The highest BCUT2D eigenvalue weighted by molar-refractivity contribution is 7.90. The number of hydrogen-bond acceptors (Lipinski definition) is 3. The van der Waals surface area contributed by atoms with E-state index in [2.05, 4.69) is 0 Å². The van der Waals surface area contributed by atoms with Crippen molar-refractivity contribution in [1.82, 2.24) is 0 Å². The van der Waals surface area contributed by atoms with Crippen molar-refractivity contribution in [1.29, 1.82) is 0 Å². The maximum absolute atomic E-state index is 11.4. The Kier molecular flexibility index (Phi) is 2.83. The number of phenols is 1. The lowest BCUT2D eigenvalue weighted by Crippen LogP contribution is -2.12. The van der Waals surface area contributed by atoms with Gasteiger partial charge in [0.15, 0.2) is 9.84 Å². The number of sulfone groups is 1. The molecule has 0 fully saturated rings. The summed E-state index contributed by atoms with van der Waals surface area (Å²) in [6.45, 7) is 5.77. The molecule has 0 saturated heterocycles. The summed E-state index contributed by atoms with van der Waals surface area (Å²) in [5, 5.41) is 9.88. The summed E-state index contributed by atoms with van der Waals surface area (Å²) in [5.41, 5.74) is 0.371. The van der Waals surface area contributed by atoms with E-state index in [4.69, 9.17) is 0 Å². The van der Waals surface area contributed by atoms with E-state index >= 15 is 0 Å². The lowest BCUT2D eigenvalue weighted by atomic mass is 9.86. The van der Waals surface area contributed by atoms with Crippen LogP contribution in [0.25, 0.3) is 0 Å². The van der Waals surface area contributed by atoms with Crippen LogP contribution in [0.5, 0.6) is 5.75 Å². The number of phenolic OH excluding ortho intramolecular Hbond substituents is 1. The molecule has 1 rings (SSSR count). The Morgan fingerprint density at radius 1 is 1.20 bits per heavy atom. The zero-order valence-electron chi connectivity index (χ0n) is 9.40. The summed E-state index contributed by atoms with van der Waals surface area (Å²) in [6.07, 6.45) is 1.09. The van der Waals surface area contributed by atoms with Gasteiger partial charge in [0.2, 0.25) is 0 Å². The van der Waals surface area contributed by atoms with Crippen molar-refractivity contribution < 1.29 is 13.5 Å². The van der Waals surface area contributed by atoms with Gasteiger partial charge in [0.25, 0.3) is 0 Å². The van der Waals surface area contributed by atoms with Crippen LogP contribution in [0.2, 0.25) is 0 Å². The lowest BCUT2D eigenvalue weighted by molar-refractivity contribution is 0.432. The smallest absolute Gasteiger partial charge is 0.179 e. The molecule has 0 aromatic heterocycles. The second-order valence-corrected chi connectivity index (χ2v) is 6.66. The highest BCUT2D eigenvalue weighted by Crippen LogP contribution is 2.34. The molecular formula is C11H16O3S. The molecule has 0 aliphatic carbocycles. The van der Waals surface area contributed by atoms with Crippen LogP contribution < -0.4 is 0 Å². The Bertz CT molecular complexity index is 467. The van der Waals surface area contributed by atoms with E-state index in [9.17, 15) is 13.5 Å². The van der Waals surface area contributed by atoms with Gasteiger partial charge in [0, 0.05) is 11.8 Å². The Morgan fingerprint density at radius 2 is 1.73 bits per heavy atom. The first-order valence-electron chi connectivity index (χ1n) is 4.66. The average molecular weight is 228 g/mol. The van der Waals surface area contributed by atoms with Gasteiger partial charge in [-0.15, -0.1) is 0 Å². The molecule has 4 heteroatoms. The molecule has 0 aliphatic rings. The predicted molar refractivity (Wildman–Crippen MR) is 59.9 cm³/mol. The third-order valence-electron chi connectivity index (χ3n) is 2.21. The maximum Gasteiger partial charge on any atom is 0.179 e. The molecule has 1 aromatic rings. The first-order valence-corrected chi connectivity index (χ1v) is 6.55. The predicted octanol–water partition coefficient (Wildman–Crippen LogP) is 2.09. The molecule has 0 spiro atoms. The van der Waals surface area contributed by atoms with Crippen LogP contribution in [0.1, 0.15) is 26.3 Å². The number of hydrogen-bond donors (Lipinski definition) is 1. The Labute approximate surface area is 90.7 Å². The zero-order chi connectivity index (χ0) is 11.9. The van der Waals surface area contributed by atoms with Gasteiger partial charge >= 0.3 is 0 Å². The average Bonchev–Trinajstić information content (AvgIpc) is 1.99. The summed E-state index contributed by atoms with van der Waals surface area (Å²) in [4.78, 5) is -0.00470. The number of rotatable bonds is 1. The van der Waals surface area contributed by atoms with Crippen LogP contribution in [0.4, 0.5) is 0 Å². The van der Waals surface area contributed by atoms with Gasteiger partial charge in [-0.05, 0) is 11.5 Å². The molecule has 3 nitrogen and oxygen atoms in total. The van der Waals surface area contributed by atoms with Crippen molar-refractivity contribution >= 4 is 9.84 Å². The van der Waals surface area contributed by atoms with Crippen molar-refractivity contribution in [3.05, 3.63) is 23.8 Å². The van der Waals surface area contributed by atoms with Gasteiger partial charge in [-0.3, -0.25) is 0 Å². The normalized spacial score (nSPS) is 12.8. The van der Waals surface area contributed by atoms with Gasteiger partial charge < -0.3 is 5.11 Å². The molecule has 0 atom stereocenters. The minimum absolute atomic E-state index is 0.00470. The molecule has 1 aromatic carbocycles. The third kappa shape index (κ3) is 2.50. The topological polar surface area (TPSA) is 54.4 Å². The van der Waals surface area contributed by atoms with Crippen molar-refractivity contribution in [2.75, 3.05) is 6.26 Å². The lowest BCUT2D eigenvalue weighted by Gasteiger charge is -2.21. The highest BCUT2D eigenvalue weighted by atomic mass is 32.2. The third-order valence-corrected chi connectivity index (χ3v) is 3.33. The van der Waals surface area contributed by atoms with Gasteiger partial charge in [-0.1, -0.05) is 32.9 Å². The van der Waals surface area contributed by atoms with Gasteiger partial charge in [0.1, 0.15) is 10.6 Å². The molecule has 0 radical (unpaired) electrons. The van der Waals surface area contributed by atoms with Crippen LogP contribution in [0.3, 0.4) is 0 Å². The quantitative estimate of drug-likeness (QED) is 0.800. The van der Waals surface area contributed by atoms with E-state index in [1.807, 2.05) is 20.8 Å². The van der Waals surface area contributed by atoms with E-state index in [0.717, 1.165) is 6.26 Å². The van der Waals surface area contributed by atoms with Crippen LogP contribution in [-0.4, -0.2) is 19.8 Å². The van der Waals surface area contributed by atoms with Crippen molar-refractivity contribution in [2.45, 2.75) is 31.1 Å². The van der Waals surface area contributed by atoms with E-state index in [1.54, 1.807) is 12.1 Å². The first kappa shape index (κ1) is 12.0. The van der Waals surface area contributed by atoms with Gasteiger partial charge in [-0.25, -0.2) is 8.42 Å². The summed E-state index contributed by atoms with van der Waals surface area (Å²) in [7, 11) is -3.37. The molecule has 84 valence electrons. The number of para-hydroxylation sites is 1. The number of benzene rings is 1. The summed E-state index contributed by atoms with van der Waals surface area (Å²) in [6, 6.07) is 4.81. The van der Waals surface area contributed by atoms with Crippen LogP contribution in [0, 0.1) is 0 Å². The molecule has 15 heavy (non-hydrogen) atoms. The van der Waals surface area contributed by atoms with Crippen molar-refractivity contribution in [3.63, 3.8) is 0 Å². The largest absolute Gasteiger partial charge is 0.506 e. The molecule has 0 bridgehead atoms. The zero-order valence-corrected chi connectivity index (χ0v) is 10.2. The van der Waals surface area contributed by atoms with Crippen LogP contribution in [-0.2, 0) is 15.3 Å². The van der Waals surface area contributed by atoms with Crippen LogP contribution >= 0.6 is 0 Å². The minimum Gasteiger partial charge on any atom is -0.506 e. The van der Waals surface area contributed by atoms with Crippen molar-refractivity contribution in [2.24, 2.45) is 0 Å². The van der Waals surface area contributed by atoms with Crippen molar-refractivity contribution in [3.8, 4) is 5.75 Å². The summed E-state index contributed by atoms with van der Waals surface area (Å²) < 4.78 is 22.7. The van der Waals surface area contributed by atoms with E-state index in [0.29, 0.717) is 5.56 Å². The second kappa shape index (κ2) is 3.52. The van der Waals surface area contributed by atoms with Crippen LogP contribution in [0.15, 0.2) is 23.1 Å². The monoisotopic (exact) mass is 228 g/mol. The molecule has 0 heterocycles. The van der Waals surface area contributed by atoms with E-state index < -0.39 is 9.84 Å². The molecule has 0 unspecified atom stereocenters. The molecule has 1 N–H and O–H groups in total. The number of aromatic hydroxyl groups is 1. The molecule has 0 saturated carbocycles. The van der Waals surface area contributed by atoms with Gasteiger partial charge in [0.05, 0.1) is 0 Å². The molecular weight excluding hydrogens is 212 g/mol. The standard InChI is InChI=1S/C11H16O3S/c1-11(2,3)8-6-5-7-9(10(8)12)15(4,13)14/h5-7,12H,1-4H3.